The molecule has 2 N–H and O–H groups in total. The molecule has 2 unspecified atom stereocenters. The molecule has 2 atom stereocenters. The summed E-state index contributed by atoms with van der Waals surface area (Å²) in [6.45, 7) is 6.89. The van der Waals surface area contributed by atoms with Crippen molar-refractivity contribution in [3.05, 3.63) is 59.2 Å². The van der Waals surface area contributed by atoms with Crippen molar-refractivity contribution in [3.8, 4) is 11.5 Å². The van der Waals surface area contributed by atoms with E-state index >= 15 is 0 Å². The van der Waals surface area contributed by atoms with Gasteiger partial charge in [0.2, 0.25) is 0 Å². The average molecular weight is 412 g/mol. The maximum Gasteiger partial charge on any atom is 0.279 e. The van der Waals surface area contributed by atoms with Crippen molar-refractivity contribution in [2.75, 3.05) is 13.2 Å². The van der Waals surface area contributed by atoms with E-state index < -0.39 is 17.9 Å². The predicted molar refractivity (Wildman–Crippen MR) is 113 cm³/mol. The first-order valence-electron chi connectivity index (χ1n) is 10.1. The molecule has 0 bridgehead atoms. The Balaban J connectivity index is 1.44. The number of carbonyl (C=O) groups is 2. The molecule has 1 heterocycles. The van der Waals surface area contributed by atoms with E-state index in [9.17, 15) is 9.59 Å². The summed E-state index contributed by atoms with van der Waals surface area (Å²) >= 11 is 0. The van der Waals surface area contributed by atoms with Gasteiger partial charge >= 0.3 is 0 Å². The van der Waals surface area contributed by atoms with E-state index in [1.165, 1.54) is 0 Å². The summed E-state index contributed by atoms with van der Waals surface area (Å²) in [5.41, 5.74) is 7.43. The number of benzene rings is 2. The number of hydrogen-bond acceptors (Lipinski definition) is 5. The van der Waals surface area contributed by atoms with Gasteiger partial charge < -0.3 is 14.2 Å². The maximum atomic E-state index is 12.3. The second kappa shape index (κ2) is 10.1. The Morgan fingerprint density at radius 1 is 1.07 bits per heavy atom. The smallest absolute Gasteiger partial charge is 0.279 e. The molecule has 7 nitrogen and oxygen atoms in total. The van der Waals surface area contributed by atoms with Gasteiger partial charge in [0.05, 0.1) is 6.10 Å². The van der Waals surface area contributed by atoms with Crippen LogP contribution < -0.4 is 20.3 Å². The van der Waals surface area contributed by atoms with E-state index in [2.05, 4.69) is 10.9 Å². The second-order valence-corrected chi connectivity index (χ2v) is 7.42. The minimum Gasteiger partial charge on any atom is -0.491 e. The summed E-state index contributed by atoms with van der Waals surface area (Å²) < 4.78 is 16.8. The molecule has 0 aliphatic carbocycles. The lowest BCUT2D eigenvalue weighted by Crippen LogP contribution is -2.47. The van der Waals surface area contributed by atoms with E-state index in [-0.39, 0.29) is 6.10 Å². The molecule has 0 spiro atoms. The molecule has 0 aromatic heterocycles. The number of amides is 2. The lowest BCUT2D eigenvalue weighted by molar-refractivity contribution is -0.128. The topological polar surface area (TPSA) is 85.9 Å². The van der Waals surface area contributed by atoms with Gasteiger partial charge in [-0.15, -0.1) is 0 Å². The Morgan fingerprint density at radius 3 is 2.47 bits per heavy atom. The van der Waals surface area contributed by atoms with Gasteiger partial charge in [0, 0.05) is 12.2 Å². The summed E-state index contributed by atoms with van der Waals surface area (Å²) in [7, 11) is 0. The summed E-state index contributed by atoms with van der Waals surface area (Å²) in [4.78, 5) is 24.5. The number of hydrazine groups is 1. The lowest BCUT2D eigenvalue weighted by atomic mass is 10.1. The number of nitrogens with one attached hydrogen (secondary N) is 2. The summed E-state index contributed by atoms with van der Waals surface area (Å²) in [6.07, 6.45) is 1.44. The van der Waals surface area contributed by atoms with Gasteiger partial charge in [0.25, 0.3) is 11.8 Å². The monoisotopic (exact) mass is 412 g/mol. The number of ether oxygens (including phenoxy) is 3. The summed E-state index contributed by atoms with van der Waals surface area (Å²) in [5.74, 6) is 0.401. The van der Waals surface area contributed by atoms with Crippen LogP contribution >= 0.6 is 0 Å². The molecule has 30 heavy (non-hydrogen) atoms. The first-order valence-corrected chi connectivity index (χ1v) is 10.1. The van der Waals surface area contributed by atoms with Gasteiger partial charge in [0.15, 0.2) is 6.10 Å². The fourth-order valence-corrected chi connectivity index (χ4v) is 3.00. The van der Waals surface area contributed by atoms with E-state index in [1.54, 1.807) is 31.2 Å². The molecule has 0 saturated carbocycles. The fraction of sp³-hybridized carbons (Fsp3) is 0.391. The molecule has 2 amide bonds. The molecule has 1 fully saturated rings. The fourth-order valence-electron chi connectivity index (χ4n) is 3.00. The van der Waals surface area contributed by atoms with Crippen molar-refractivity contribution in [2.45, 2.75) is 45.8 Å². The Hall–Kier alpha value is -3.06. The minimum absolute atomic E-state index is 0.135. The standard InChI is InChI=1S/C23H28N2O5/c1-15-6-9-20(13-16(15)2)30-17(3)22(26)24-25-23(27)18-7-10-19(11-8-18)29-14-21-5-4-12-28-21/h6-11,13,17,21H,4-5,12,14H2,1-3H3,(H,24,26)(H,25,27). The van der Waals surface area contributed by atoms with E-state index in [0.29, 0.717) is 23.7 Å². The molecule has 1 saturated heterocycles. The van der Waals surface area contributed by atoms with E-state index in [1.807, 2.05) is 32.0 Å². The van der Waals surface area contributed by atoms with Crippen LogP contribution in [0.5, 0.6) is 11.5 Å². The highest BCUT2D eigenvalue weighted by molar-refractivity contribution is 5.95. The highest BCUT2D eigenvalue weighted by Gasteiger charge is 2.17. The van der Waals surface area contributed by atoms with Crippen LogP contribution in [0.1, 0.15) is 41.3 Å². The third kappa shape index (κ3) is 5.97. The number of hydrogen-bond donors (Lipinski definition) is 2. The SMILES string of the molecule is Cc1ccc(OC(C)C(=O)NNC(=O)c2ccc(OCC3CCCO3)cc2)cc1C. The highest BCUT2D eigenvalue weighted by Crippen LogP contribution is 2.18. The zero-order valence-electron chi connectivity index (χ0n) is 17.6. The van der Waals surface area contributed by atoms with Gasteiger partial charge in [-0.2, -0.15) is 0 Å². The Kier molecular flexibility index (Phi) is 7.30. The van der Waals surface area contributed by atoms with Crippen LogP contribution in [0.3, 0.4) is 0 Å². The second-order valence-electron chi connectivity index (χ2n) is 7.42. The van der Waals surface area contributed by atoms with E-state index in [4.69, 9.17) is 14.2 Å². The molecule has 0 radical (unpaired) electrons. The summed E-state index contributed by atoms with van der Waals surface area (Å²) in [6, 6.07) is 12.3. The van der Waals surface area contributed by atoms with Crippen LogP contribution in [-0.2, 0) is 9.53 Å². The van der Waals surface area contributed by atoms with Crippen LogP contribution in [0.25, 0.3) is 0 Å². The summed E-state index contributed by atoms with van der Waals surface area (Å²) in [5, 5.41) is 0. The molecule has 160 valence electrons. The molecule has 2 aromatic rings. The zero-order valence-corrected chi connectivity index (χ0v) is 17.6. The van der Waals surface area contributed by atoms with Crippen LogP contribution in [0, 0.1) is 13.8 Å². The van der Waals surface area contributed by atoms with Crippen LogP contribution in [0.4, 0.5) is 0 Å². The largest absolute Gasteiger partial charge is 0.491 e. The lowest BCUT2D eigenvalue weighted by Gasteiger charge is -2.16. The number of carbonyl (C=O) groups excluding carboxylic acids is 2. The van der Waals surface area contributed by atoms with Crippen molar-refractivity contribution >= 4 is 11.8 Å². The molecule has 2 aromatic carbocycles. The predicted octanol–water partition coefficient (Wildman–Crippen LogP) is 3.09. The van der Waals surface area contributed by atoms with Gasteiger partial charge in [-0.1, -0.05) is 6.07 Å². The molecule has 1 aliphatic heterocycles. The Morgan fingerprint density at radius 2 is 1.80 bits per heavy atom. The van der Waals surface area contributed by atoms with Crippen molar-refractivity contribution in [1.29, 1.82) is 0 Å². The normalized spacial score (nSPS) is 16.6. The van der Waals surface area contributed by atoms with Crippen LogP contribution in [-0.4, -0.2) is 37.2 Å². The van der Waals surface area contributed by atoms with Crippen LogP contribution in [0.15, 0.2) is 42.5 Å². The molecular formula is C23H28N2O5. The van der Waals surface area contributed by atoms with Gasteiger partial charge in [-0.05, 0) is 81.1 Å². The van der Waals surface area contributed by atoms with Crippen molar-refractivity contribution in [2.24, 2.45) is 0 Å². The number of aryl methyl sites for hydroxylation is 2. The molecule has 7 heteroatoms. The Bertz CT molecular complexity index is 876. The van der Waals surface area contributed by atoms with Crippen LogP contribution in [0.2, 0.25) is 0 Å². The van der Waals surface area contributed by atoms with Gasteiger partial charge in [-0.25, -0.2) is 0 Å². The minimum atomic E-state index is -0.763. The highest BCUT2D eigenvalue weighted by atomic mass is 16.5. The third-order valence-electron chi connectivity index (χ3n) is 5.04. The van der Waals surface area contributed by atoms with Crippen molar-refractivity contribution in [1.82, 2.24) is 10.9 Å². The molecule has 3 rings (SSSR count). The van der Waals surface area contributed by atoms with Gasteiger partial charge in [0.1, 0.15) is 18.1 Å². The quantitative estimate of drug-likeness (QED) is 0.683. The first-order chi connectivity index (χ1) is 14.4. The average Bonchev–Trinajstić information content (AvgIpc) is 3.27. The first kappa shape index (κ1) is 21.6. The van der Waals surface area contributed by atoms with Gasteiger partial charge in [-0.3, -0.25) is 20.4 Å². The van der Waals surface area contributed by atoms with Crippen molar-refractivity contribution in [3.63, 3.8) is 0 Å². The number of rotatable bonds is 7. The molecule has 1 aliphatic rings. The molecular weight excluding hydrogens is 384 g/mol. The maximum absolute atomic E-state index is 12.3. The van der Waals surface area contributed by atoms with Crippen molar-refractivity contribution < 1.29 is 23.8 Å². The van der Waals surface area contributed by atoms with E-state index in [0.717, 1.165) is 30.6 Å². The zero-order chi connectivity index (χ0) is 21.5. The third-order valence-corrected chi connectivity index (χ3v) is 5.04. The Labute approximate surface area is 176 Å².